The molecule has 6 nitrogen and oxygen atoms in total. The normalized spacial score (nSPS) is 11.9. The van der Waals surface area contributed by atoms with Crippen molar-refractivity contribution in [2.45, 2.75) is 419 Å². The van der Waals surface area contributed by atoms with Gasteiger partial charge in [-0.2, -0.15) is 0 Å². The molecule has 0 aliphatic rings. The maximum absolute atomic E-state index is 12.9. The monoisotopic (exact) mass is 1070 g/mol. The summed E-state index contributed by atoms with van der Waals surface area (Å²) >= 11 is 0. The maximum atomic E-state index is 12.9. The first kappa shape index (κ1) is 74.4. The highest BCUT2D eigenvalue weighted by Crippen LogP contribution is 2.19. The van der Waals surface area contributed by atoms with Gasteiger partial charge >= 0.3 is 17.9 Å². The topological polar surface area (TPSA) is 78.9 Å². The number of rotatable bonds is 66. The lowest BCUT2D eigenvalue weighted by molar-refractivity contribution is -0.167. The van der Waals surface area contributed by atoms with Gasteiger partial charge in [0.05, 0.1) is 0 Å². The highest BCUT2D eigenvalue weighted by atomic mass is 16.6. The molecule has 1 unspecified atom stereocenters. The number of hydrogen-bond donors (Lipinski definition) is 0. The van der Waals surface area contributed by atoms with E-state index in [0.29, 0.717) is 19.3 Å². The Hall–Kier alpha value is -1.59. The zero-order chi connectivity index (χ0) is 55.0. The van der Waals surface area contributed by atoms with Crippen LogP contribution in [-0.4, -0.2) is 37.2 Å². The molecule has 0 spiro atoms. The smallest absolute Gasteiger partial charge is 0.306 e. The van der Waals surface area contributed by atoms with Crippen LogP contribution in [0.4, 0.5) is 0 Å². The Morgan fingerprint density at radius 3 is 0.526 bits per heavy atom. The molecule has 0 heterocycles. The van der Waals surface area contributed by atoms with Gasteiger partial charge in [-0.25, -0.2) is 0 Å². The van der Waals surface area contributed by atoms with E-state index in [0.717, 1.165) is 57.8 Å². The van der Waals surface area contributed by atoms with Gasteiger partial charge in [0, 0.05) is 19.3 Å². The van der Waals surface area contributed by atoms with Gasteiger partial charge in [-0.3, -0.25) is 14.4 Å². The molecule has 0 fully saturated rings. The van der Waals surface area contributed by atoms with Gasteiger partial charge in [-0.1, -0.05) is 374 Å². The molecule has 0 radical (unpaired) electrons. The molecule has 452 valence electrons. The first-order valence-electron chi connectivity index (χ1n) is 35.0. The Kier molecular flexibility index (Phi) is 64.5. The average Bonchev–Trinajstić information content (AvgIpc) is 3.42. The van der Waals surface area contributed by atoms with Gasteiger partial charge in [-0.15, -0.1) is 0 Å². The number of ether oxygens (including phenoxy) is 3. The molecule has 0 aliphatic heterocycles. The van der Waals surface area contributed by atoms with Crippen molar-refractivity contribution >= 4 is 17.9 Å². The highest BCUT2D eigenvalue weighted by molar-refractivity contribution is 5.71. The van der Waals surface area contributed by atoms with E-state index in [2.05, 4.69) is 20.8 Å². The van der Waals surface area contributed by atoms with Crippen LogP contribution < -0.4 is 0 Å². The van der Waals surface area contributed by atoms with Gasteiger partial charge in [0.15, 0.2) is 6.10 Å². The summed E-state index contributed by atoms with van der Waals surface area (Å²) < 4.78 is 16.9. The summed E-state index contributed by atoms with van der Waals surface area (Å²) in [5.41, 5.74) is 0. The van der Waals surface area contributed by atoms with Crippen LogP contribution in [0, 0.1) is 0 Å². The molecule has 0 N–H and O–H groups in total. The van der Waals surface area contributed by atoms with Crippen molar-refractivity contribution in [1.29, 1.82) is 0 Å². The molecule has 0 saturated heterocycles. The highest BCUT2D eigenvalue weighted by Gasteiger charge is 2.19. The number of hydrogen-bond acceptors (Lipinski definition) is 6. The fourth-order valence-electron chi connectivity index (χ4n) is 11.1. The molecule has 1 atom stereocenters. The van der Waals surface area contributed by atoms with Gasteiger partial charge in [0.25, 0.3) is 0 Å². The van der Waals surface area contributed by atoms with Crippen LogP contribution >= 0.6 is 0 Å². The Morgan fingerprint density at radius 1 is 0.211 bits per heavy atom. The summed E-state index contributed by atoms with van der Waals surface area (Å²) in [6, 6.07) is 0. The first-order chi connectivity index (χ1) is 37.5. The SMILES string of the molecule is CCCCCCCCCCCCCCCCCCCCCCCCCCCCCCCCCCCC(=O)OCC(COC(=O)CCCCCCCCC)OC(=O)CCCCCCCCCCCCCCCCCCCC. The number of unbranched alkanes of at least 4 members (excludes halogenated alkanes) is 55. The lowest BCUT2D eigenvalue weighted by Crippen LogP contribution is -2.30. The van der Waals surface area contributed by atoms with Crippen molar-refractivity contribution in [2.24, 2.45) is 0 Å². The summed E-state index contributed by atoms with van der Waals surface area (Å²) in [6.45, 7) is 6.68. The summed E-state index contributed by atoms with van der Waals surface area (Å²) in [7, 11) is 0. The molecule has 0 aliphatic carbocycles. The third kappa shape index (κ3) is 63.2. The van der Waals surface area contributed by atoms with Crippen molar-refractivity contribution in [3.8, 4) is 0 Å². The van der Waals surface area contributed by atoms with E-state index in [9.17, 15) is 14.4 Å². The number of carbonyl (C=O) groups is 3. The van der Waals surface area contributed by atoms with Crippen molar-refractivity contribution in [1.82, 2.24) is 0 Å². The maximum Gasteiger partial charge on any atom is 0.306 e. The molecule has 6 heteroatoms. The van der Waals surface area contributed by atoms with E-state index >= 15 is 0 Å². The molecular formula is C70H136O6. The Bertz CT molecular complexity index is 1140. The predicted octanol–water partition coefficient (Wildman–Crippen LogP) is 23.8. The molecule has 0 amide bonds. The van der Waals surface area contributed by atoms with E-state index in [-0.39, 0.29) is 31.1 Å². The molecule has 0 rings (SSSR count). The number of esters is 3. The van der Waals surface area contributed by atoms with Crippen molar-refractivity contribution < 1.29 is 28.6 Å². The lowest BCUT2D eigenvalue weighted by Gasteiger charge is -2.18. The molecule has 0 bridgehead atoms. The third-order valence-electron chi connectivity index (χ3n) is 16.4. The Balaban J connectivity index is 3.91. The molecular weight excluding hydrogens is 937 g/mol. The van der Waals surface area contributed by atoms with Crippen molar-refractivity contribution in [2.75, 3.05) is 13.2 Å². The van der Waals surface area contributed by atoms with Crippen LogP contribution in [0.1, 0.15) is 412 Å². The molecule has 0 aromatic carbocycles. The minimum absolute atomic E-state index is 0.0615. The van der Waals surface area contributed by atoms with Crippen molar-refractivity contribution in [3.05, 3.63) is 0 Å². The summed E-state index contributed by atoms with van der Waals surface area (Å²) in [5.74, 6) is -0.835. The molecule has 0 aromatic heterocycles. The van der Waals surface area contributed by atoms with E-state index in [1.807, 2.05) is 0 Å². The fourth-order valence-corrected chi connectivity index (χ4v) is 11.1. The predicted molar refractivity (Wildman–Crippen MR) is 330 cm³/mol. The quantitative estimate of drug-likeness (QED) is 0.0343. The van der Waals surface area contributed by atoms with Gasteiger partial charge in [0.1, 0.15) is 13.2 Å². The average molecular weight is 1070 g/mol. The van der Waals surface area contributed by atoms with E-state index in [1.165, 1.54) is 315 Å². The van der Waals surface area contributed by atoms with Crippen LogP contribution in [0.3, 0.4) is 0 Å². The summed E-state index contributed by atoms with van der Waals surface area (Å²) in [4.78, 5) is 38.1. The largest absolute Gasteiger partial charge is 0.462 e. The van der Waals surface area contributed by atoms with Crippen LogP contribution in [-0.2, 0) is 28.6 Å². The molecule has 0 aromatic rings. The van der Waals surface area contributed by atoms with Gasteiger partial charge in [-0.05, 0) is 19.3 Å². The standard InChI is InChI=1S/C70H136O6/c1-4-7-10-13-16-18-20-22-24-26-28-29-30-31-32-33-34-35-36-37-38-39-40-41-42-44-45-47-49-51-54-57-60-63-69(72)75-66-67(65-74-68(71)62-59-56-53-15-12-9-6-3)76-70(73)64-61-58-55-52-50-48-46-43-27-25-23-21-19-17-14-11-8-5-2/h67H,4-66H2,1-3H3. The van der Waals surface area contributed by atoms with Gasteiger partial charge in [0.2, 0.25) is 0 Å². The third-order valence-corrected chi connectivity index (χ3v) is 16.4. The first-order valence-corrected chi connectivity index (χ1v) is 35.0. The van der Waals surface area contributed by atoms with E-state index in [1.54, 1.807) is 0 Å². The van der Waals surface area contributed by atoms with Crippen LogP contribution in [0.25, 0.3) is 0 Å². The second-order valence-electron chi connectivity index (χ2n) is 24.2. The van der Waals surface area contributed by atoms with Gasteiger partial charge < -0.3 is 14.2 Å². The Morgan fingerprint density at radius 2 is 0.355 bits per heavy atom. The minimum atomic E-state index is -0.761. The fraction of sp³-hybridized carbons (Fsp3) is 0.957. The van der Waals surface area contributed by atoms with Crippen molar-refractivity contribution in [3.63, 3.8) is 0 Å². The summed E-state index contributed by atoms with van der Waals surface area (Å²) in [5, 5.41) is 0. The molecule has 0 saturated carbocycles. The second-order valence-corrected chi connectivity index (χ2v) is 24.2. The second kappa shape index (κ2) is 65.9. The molecule has 76 heavy (non-hydrogen) atoms. The van der Waals surface area contributed by atoms with Crippen LogP contribution in [0.5, 0.6) is 0 Å². The Labute approximate surface area is 476 Å². The minimum Gasteiger partial charge on any atom is -0.462 e. The van der Waals surface area contributed by atoms with E-state index < -0.39 is 6.10 Å². The van der Waals surface area contributed by atoms with Crippen LogP contribution in [0.15, 0.2) is 0 Å². The summed E-state index contributed by atoms with van der Waals surface area (Å²) in [6.07, 6.45) is 77.5. The lowest BCUT2D eigenvalue weighted by atomic mass is 10.0. The van der Waals surface area contributed by atoms with Crippen LogP contribution in [0.2, 0.25) is 0 Å². The number of carbonyl (C=O) groups excluding carboxylic acids is 3. The zero-order valence-corrected chi connectivity index (χ0v) is 52.1. The van der Waals surface area contributed by atoms with E-state index in [4.69, 9.17) is 14.2 Å². The zero-order valence-electron chi connectivity index (χ0n) is 52.1.